The first kappa shape index (κ1) is 16.3. The van der Waals surface area contributed by atoms with Gasteiger partial charge in [0, 0.05) is 25.8 Å². The number of pyridine rings is 1. The van der Waals surface area contributed by atoms with Gasteiger partial charge < -0.3 is 10.2 Å². The predicted molar refractivity (Wildman–Crippen MR) is 90.9 cm³/mol. The van der Waals surface area contributed by atoms with Crippen molar-refractivity contribution in [3.63, 3.8) is 0 Å². The quantitative estimate of drug-likeness (QED) is 0.789. The van der Waals surface area contributed by atoms with Crippen molar-refractivity contribution in [3.05, 3.63) is 23.4 Å². The van der Waals surface area contributed by atoms with Gasteiger partial charge >= 0.3 is 0 Å². The predicted octanol–water partition coefficient (Wildman–Crippen LogP) is 3.80. The van der Waals surface area contributed by atoms with Crippen molar-refractivity contribution in [1.82, 2.24) is 10.3 Å². The zero-order chi connectivity index (χ0) is 15.4. The summed E-state index contributed by atoms with van der Waals surface area (Å²) in [5, 5.41) is 3.54. The first-order chi connectivity index (χ1) is 9.95. The summed E-state index contributed by atoms with van der Waals surface area (Å²) in [6.45, 7) is 12.1. The van der Waals surface area contributed by atoms with Crippen LogP contribution >= 0.6 is 0 Å². The molecule has 2 rings (SSSR count). The number of rotatable bonds is 8. The summed E-state index contributed by atoms with van der Waals surface area (Å²) in [6, 6.07) is 4.51. The Balaban J connectivity index is 2.08. The smallest absolute Gasteiger partial charge is 0.128 e. The molecule has 1 heterocycles. The van der Waals surface area contributed by atoms with Gasteiger partial charge in [0.25, 0.3) is 0 Å². The largest absolute Gasteiger partial charge is 0.359 e. The van der Waals surface area contributed by atoms with E-state index in [0.717, 1.165) is 31.4 Å². The van der Waals surface area contributed by atoms with Crippen LogP contribution in [-0.2, 0) is 6.54 Å². The highest BCUT2D eigenvalue weighted by atomic mass is 15.2. The highest BCUT2D eigenvalue weighted by Gasteiger charge is 2.23. The molecule has 1 aliphatic carbocycles. The highest BCUT2D eigenvalue weighted by Crippen LogP contribution is 2.31. The van der Waals surface area contributed by atoms with E-state index in [4.69, 9.17) is 4.98 Å². The second-order valence-corrected chi connectivity index (χ2v) is 7.26. The maximum absolute atomic E-state index is 4.86. The van der Waals surface area contributed by atoms with Gasteiger partial charge in [-0.25, -0.2) is 4.98 Å². The van der Waals surface area contributed by atoms with Crippen LogP contribution in [0.5, 0.6) is 0 Å². The molecule has 0 aliphatic heterocycles. The minimum atomic E-state index is 0.475. The molecule has 118 valence electrons. The van der Waals surface area contributed by atoms with Crippen molar-refractivity contribution in [2.75, 3.05) is 25.0 Å². The maximum Gasteiger partial charge on any atom is 0.128 e. The SMILES string of the molecule is CC(C)CNCc1cc(C(C)C)nc(N(C)CC2CC2)c1. The van der Waals surface area contributed by atoms with Gasteiger partial charge in [-0.3, -0.25) is 0 Å². The van der Waals surface area contributed by atoms with Gasteiger partial charge in [0.2, 0.25) is 0 Å². The van der Waals surface area contributed by atoms with E-state index in [1.807, 2.05) is 0 Å². The molecule has 0 saturated heterocycles. The number of aromatic nitrogens is 1. The van der Waals surface area contributed by atoms with Crippen molar-refractivity contribution in [1.29, 1.82) is 0 Å². The van der Waals surface area contributed by atoms with E-state index in [9.17, 15) is 0 Å². The van der Waals surface area contributed by atoms with Gasteiger partial charge in [-0.15, -0.1) is 0 Å². The zero-order valence-electron chi connectivity index (χ0n) is 14.3. The lowest BCUT2D eigenvalue weighted by Gasteiger charge is -2.21. The van der Waals surface area contributed by atoms with Crippen molar-refractivity contribution >= 4 is 5.82 Å². The van der Waals surface area contributed by atoms with Crippen LogP contribution in [0.3, 0.4) is 0 Å². The van der Waals surface area contributed by atoms with Crippen LogP contribution in [0.15, 0.2) is 12.1 Å². The number of hydrogen-bond donors (Lipinski definition) is 1. The molecule has 1 fully saturated rings. The number of nitrogens with one attached hydrogen (secondary N) is 1. The fourth-order valence-corrected chi connectivity index (χ4v) is 2.47. The number of hydrogen-bond acceptors (Lipinski definition) is 3. The van der Waals surface area contributed by atoms with Crippen LogP contribution < -0.4 is 10.2 Å². The molecule has 0 bridgehead atoms. The number of nitrogens with zero attached hydrogens (tertiary/aromatic N) is 2. The van der Waals surface area contributed by atoms with Gasteiger partial charge in [-0.1, -0.05) is 27.7 Å². The molecule has 0 radical (unpaired) electrons. The van der Waals surface area contributed by atoms with Crippen molar-refractivity contribution < 1.29 is 0 Å². The highest BCUT2D eigenvalue weighted by molar-refractivity contribution is 5.43. The van der Waals surface area contributed by atoms with E-state index < -0.39 is 0 Å². The molecule has 3 heteroatoms. The Kier molecular flexibility index (Phi) is 5.63. The maximum atomic E-state index is 4.86. The molecular formula is C18H31N3. The van der Waals surface area contributed by atoms with E-state index >= 15 is 0 Å². The Hall–Kier alpha value is -1.09. The van der Waals surface area contributed by atoms with Crippen LogP contribution in [0, 0.1) is 11.8 Å². The Morgan fingerprint density at radius 2 is 1.95 bits per heavy atom. The van der Waals surface area contributed by atoms with E-state index in [1.54, 1.807) is 0 Å². The first-order valence-electron chi connectivity index (χ1n) is 8.38. The minimum absolute atomic E-state index is 0.475. The third-order valence-corrected chi connectivity index (χ3v) is 3.98. The van der Waals surface area contributed by atoms with Crippen LogP contribution in [-0.4, -0.2) is 25.1 Å². The Morgan fingerprint density at radius 1 is 1.24 bits per heavy atom. The summed E-state index contributed by atoms with van der Waals surface area (Å²) in [6.07, 6.45) is 2.77. The molecule has 0 spiro atoms. The van der Waals surface area contributed by atoms with Crippen LogP contribution in [0.2, 0.25) is 0 Å². The molecule has 1 aromatic rings. The average Bonchev–Trinajstić information content (AvgIpc) is 3.21. The summed E-state index contributed by atoms with van der Waals surface area (Å²) < 4.78 is 0. The Labute approximate surface area is 130 Å². The number of anilines is 1. The van der Waals surface area contributed by atoms with E-state index in [1.165, 1.54) is 24.1 Å². The molecule has 0 unspecified atom stereocenters. The fraction of sp³-hybridized carbons (Fsp3) is 0.722. The summed E-state index contributed by atoms with van der Waals surface area (Å²) in [4.78, 5) is 7.18. The Morgan fingerprint density at radius 3 is 2.52 bits per heavy atom. The van der Waals surface area contributed by atoms with Gasteiger partial charge in [-0.05, 0) is 54.8 Å². The summed E-state index contributed by atoms with van der Waals surface area (Å²) in [5.74, 6) is 3.19. The van der Waals surface area contributed by atoms with Gasteiger partial charge in [0.15, 0.2) is 0 Å². The molecule has 0 aromatic carbocycles. The zero-order valence-corrected chi connectivity index (χ0v) is 14.3. The fourth-order valence-electron chi connectivity index (χ4n) is 2.47. The van der Waals surface area contributed by atoms with E-state index in [-0.39, 0.29) is 0 Å². The van der Waals surface area contributed by atoms with Gasteiger partial charge in [0.05, 0.1) is 0 Å². The average molecular weight is 289 g/mol. The summed E-state index contributed by atoms with van der Waals surface area (Å²) in [7, 11) is 2.18. The molecule has 0 amide bonds. The third kappa shape index (κ3) is 5.31. The topological polar surface area (TPSA) is 28.2 Å². The summed E-state index contributed by atoms with van der Waals surface area (Å²) in [5.41, 5.74) is 2.56. The van der Waals surface area contributed by atoms with Gasteiger partial charge in [-0.2, -0.15) is 0 Å². The molecule has 0 atom stereocenters. The van der Waals surface area contributed by atoms with E-state index in [2.05, 4.69) is 57.1 Å². The van der Waals surface area contributed by atoms with Crippen molar-refractivity contribution in [2.24, 2.45) is 11.8 Å². The first-order valence-corrected chi connectivity index (χ1v) is 8.38. The van der Waals surface area contributed by atoms with Crippen molar-refractivity contribution in [3.8, 4) is 0 Å². The van der Waals surface area contributed by atoms with Crippen LogP contribution in [0.4, 0.5) is 5.82 Å². The Bertz CT molecular complexity index is 450. The molecule has 3 nitrogen and oxygen atoms in total. The molecule has 1 N–H and O–H groups in total. The molecular weight excluding hydrogens is 258 g/mol. The van der Waals surface area contributed by atoms with Crippen LogP contribution in [0.25, 0.3) is 0 Å². The van der Waals surface area contributed by atoms with Crippen LogP contribution in [0.1, 0.15) is 57.7 Å². The lowest BCUT2D eigenvalue weighted by Crippen LogP contribution is -2.23. The third-order valence-electron chi connectivity index (χ3n) is 3.98. The monoisotopic (exact) mass is 289 g/mol. The second kappa shape index (κ2) is 7.26. The molecule has 1 aromatic heterocycles. The summed E-state index contributed by atoms with van der Waals surface area (Å²) >= 11 is 0. The standard InChI is InChI=1S/C18H31N3/c1-13(2)10-19-11-16-8-17(14(3)4)20-18(9-16)21(5)12-15-6-7-15/h8-9,13-15,19H,6-7,10-12H2,1-5H3. The van der Waals surface area contributed by atoms with Gasteiger partial charge in [0.1, 0.15) is 5.82 Å². The second-order valence-electron chi connectivity index (χ2n) is 7.26. The lowest BCUT2D eigenvalue weighted by molar-refractivity contribution is 0.551. The molecule has 21 heavy (non-hydrogen) atoms. The minimum Gasteiger partial charge on any atom is -0.359 e. The molecule has 1 aliphatic rings. The van der Waals surface area contributed by atoms with Crippen molar-refractivity contribution in [2.45, 2.75) is 53.0 Å². The lowest BCUT2D eigenvalue weighted by atomic mass is 10.1. The molecule has 1 saturated carbocycles. The normalized spacial score (nSPS) is 15.0. The van der Waals surface area contributed by atoms with E-state index in [0.29, 0.717) is 11.8 Å².